The number of aromatic nitrogens is 2. The van der Waals surface area contributed by atoms with Gasteiger partial charge in [-0.25, -0.2) is 4.98 Å². The predicted octanol–water partition coefficient (Wildman–Crippen LogP) is 5.05. The van der Waals surface area contributed by atoms with E-state index in [1.807, 2.05) is 30.3 Å². The summed E-state index contributed by atoms with van der Waals surface area (Å²) >= 11 is 0. The first-order chi connectivity index (χ1) is 11.8. The van der Waals surface area contributed by atoms with E-state index in [1.165, 1.54) is 10.8 Å². The van der Waals surface area contributed by atoms with E-state index >= 15 is 0 Å². The molecular formula is C21H18N2O. The number of imidazole rings is 1. The van der Waals surface area contributed by atoms with Crippen molar-refractivity contribution >= 4 is 21.8 Å². The summed E-state index contributed by atoms with van der Waals surface area (Å²) in [5.41, 5.74) is 3.22. The summed E-state index contributed by atoms with van der Waals surface area (Å²) in [6.45, 7) is 4.62. The van der Waals surface area contributed by atoms with E-state index in [4.69, 9.17) is 9.72 Å². The Morgan fingerprint density at radius 1 is 1.04 bits per heavy atom. The van der Waals surface area contributed by atoms with Crippen LogP contribution >= 0.6 is 0 Å². The lowest BCUT2D eigenvalue weighted by atomic mass is 10.1. The first-order valence-electron chi connectivity index (χ1n) is 7.95. The Balaban J connectivity index is 2.00. The Bertz CT molecular complexity index is 1030. The van der Waals surface area contributed by atoms with Gasteiger partial charge in [-0.2, -0.15) is 0 Å². The Hall–Kier alpha value is -3.07. The lowest BCUT2D eigenvalue weighted by Gasteiger charge is -2.07. The molecule has 0 saturated heterocycles. The average Bonchev–Trinajstić information content (AvgIpc) is 3.01. The maximum Gasteiger partial charge on any atom is 0.141 e. The van der Waals surface area contributed by atoms with Gasteiger partial charge in [-0.3, -0.25) is 0 Å². The normalized spacial score (nSPS) is 11.0. The largest absolute Gasteiger partial charge is 0.497 e. The first kappa shape index (κ1) is 14.5. The maximum atomic E-state index is 5.26. The van der Waals surface area contributed by atoms with Crippen molar-refractivity contribution < 1.29 is 4.74 Å². The van der Waals surface area contributed by atoms with Crippen LogP contribution in [0.15, 0.2) is 73.3 Å². The number of hydrogen-bond donors (Lipinski definition) is 0. The molecule has 0 spiro atoms. The molecule has 4 rings (SSSR count). The Labute approximate surface area is 140 Å². The zero-order valence-electron chi connectivity index (χ0n) is 13.6. The van der Waals surface area contributed by atoms with Crippen LogP contribution in [0.25, 0.3) is 33.2 Å². The van der Waals surface area contributed by atoms with Crippen molar-refractivity contribution in [2.75, 3.05) is 7.11 Å². The second kappa shape index (κ2) is 5.85. The lowest BCUT2D eigenvalue weighted by molar-refractivity contribution is 0.415. The van der Waals surface area contributed by atoms with Crippen molar-refractivity contribution in [2.45, 2.75) is 6.54 Å². The molecule has 0 amide bonds. The Morgan fingerprint density at radius 3 is 2.58 bits per heavy atom. The van der Waals surface area contributed by atoms with Gasteiger partial charge in [0.2, 0.25) is 0 Å². The summed E-state index contributed by atoms with van der Waals surface area (Å²) in [5, 5.41) is 2.38. The van der Waals surface area contributed by atoms with Gasteiger partial charge in [-0.1, -0.05) is 36.4 Å². The number of fused-ring (bicyclic) bond motifs is 3. The molecule has 4 aromatic rings. The molecule has 118 valence electrons. The smallest absolute Gasteiger partial charge is 0.141 e. The van der Waals surface area contributed by atoms with Crippen molar-refractivity contribution in [1.82, 2.24) is 9.55 Å². The standard InChI is InChI=1S/C21H18N2O/c1-3-14-23-19-13-10-15-6-4-5-7-18(15)20(19)22-21(23)16-8-11-17(24-2)12-9-16/h3-13H,1,14H2,2H3. The molecule has 0 aliphatic carbocycles. The van der Waals surface area contributed by atoms with E-state index in [9.17, 15) is 0 Å². The first-order valence-corrected chi connectivity index (χ1v) is 7.95. The van der Waals surface area contributed by atoms with Gasteiger partial charge in [0.05, 0.1) is 18.1 Å². The predicted molar refractivity (Wildman–Crippen MR) is 99.4 cm³/mol. The van der Waals surface area contributed by atoms with Crippen LogP contribution in [-0.4, -0.2) is 16.7 Å². The molecule has 0 atom stereocenters. The quantitative estimate of drug-likeness (QED) is 0.493. The van der Waals surface area contributed by atoms with Crippen molar-refractivity contribution in [3.05, 3.63) is 73.3 Å². The molecule has 0 saturated carbocycles. The van der Waals surface area contributed by atoms with E-state index in [1.54, 1.807) is 7.11 Å². The molecule has 0 fully saturated rings. The van der Waals surface area contributed by atoms with Gasteiger partial charge in [-0.15, -0.1) is 6.58 Å². The molecule has 1 aromatic heterocycles. The minimum Gasteiger partial charge on any atom is -0.497 e. The SMILES string of the molecule is C=CCn1c(-c2ccc(OC)cc2)nc2c3ccccc3ccc21. The van der Waals surface area contributed by atoms with Gasteiger partial charge in [0.15, 0.2) is 0 Å². The molecule has 3 nitrogen and oxygen atoms in total. The van der Waals surface area contributed by atoms with E-state index in [0.29, 0.717) is 0 Å². The highest BCUT2D eigenvalue weighted by atomic mass is 16.5. The number of ether oxygens (including phenoxy) is 1. The van der Waals surface area contributed by atoms with Crippen LogP contribution < -0.4 is 4.74 Å². The number of rotatable bonds is 4. The summed E-state index contributed by atoms with van der Waals surface area (Å²) < 4.78 is 7.46. The van der Waals surface area contributed by atoms with Gasteiger partial charge in [0.25, 0.3) is 0 Å². The van der Waals surface area contributed by atoms with Crippen LogP contribution in [0.4, 0.5) is 0 Å². The zero-order valence-corrected chi connectivity index (χ0v) is 13.6. The van der Waals surface area contributed by atoms with Crippen molar-refractivity contribution in [3.63, 3.8) is 0 Å². The number of benzene rings is 3. The average molecular weight is 314 g/mol. The van der Waals surface area contributed by atoms with E-state index in [0.717, 1.165) is 34.7 Å². The monoisotopic (exact) mass is 314 g/mol. The van der Waals surface area contributed by atoms with Crippen LogP contribution in [0.2, 0.25) is 0 Å². The summed E-state index contributed by atoms with van der Waals surface area (Å²) in [6, 6.07) is 20.7. The minimum absolute atomic E-state index is 0.718. The number of allylic oxidation sites excluding steroid dienone is 1. The van der Waals surface area contributed by atoms with Gasteiger partial charge >= 0.3 is 0 Å². The third kappa shape index (κ3) is 2.26. The number of nitrogens with zero attached hydrogens (tertiary/aromatic N) is 2. The molecule has 0 radical (unpaired) electrons. The fourth-order valence-electron chi connectivity index (χ4n) is 3.13. The minimum atomic E-state index is 0.718. The molecule has 0 N–H and O–H groups in total. The van der Waals surface area contributed by atoms with E-state index in [2.05, 4.69) is 47.5 Å². The fraction of sp³-hybridized carbons (Fsp3) is 0.0952. The number of hydrogen-bond acceptors (Lipinski definition) is 2. The Morgan fingerprint density at radius 2 is 1.83 bits per heavy atom. The van der Waals surface area contributed by atoms with Crippen molar-refractivity contribution in [3.8, 4) is 17.1 Å². The second-order valence-corrected chi connectivity index (χ2v) is 5.72. The van der Waals surface area contributed by atoms with Crippen molar-refractivity contribution in [2.24, 2.45) is 0 Å². The van der Waals surface area contributed by atoms with Gasteiger partial charge in [0, 0.05) is 17.5 Å². The molecule has 3 heteroatoms. The van der Waals surface area contributed by atoms with Crippen LogP contribution in [0.1, 0.15) is 0 Å². The third-order valence-corrected chi connectivity index (χ3v) is 4.30. The molecule has 3 aromatic carbocycles. The fourth-order valence-corrected chi connectivity index (χ4v) is 3.13. The molecule has 0 aliphatic rings. The molecular weight excluding hydrogens is 296 g/mol. The van der Waals surface area contributed by atoms with Crippen LogP contribution in [0, 0.1) is 0 Å². The molecule has 0 unspecified atom stereocenters. The van der Waals surface area contributed by atoms with Gasteiger partial charge in [-0.05, 0) is 35.7 Å². The summed E-state index contributed by atoms with van der Waals surface area (Å²) in [4.78, 5) is 4.96. The topological polar surface area (TPSA) is 27.1 Å². The third-order valence-electron chi connectivity index (χ3n) is 4.30. The Kier molecular flexibility index (Phi) is 3.54. The maximum absolute atomic E-state index is 5.26. The highest BCUT2D eigenvalue weighted by Gasteiger charge is 2.14. The number of methoxy groups -OCH3 is 1. The summed E-state index contributed by atoms with van der Waals surface area (Å²) in [5.74, 6) is 1.79. The highest BCUT2D eigenvalue weighted by Crippen LogP contribution is 2.30. The molecule has 24 heavy (non-hydrogen) atoms. The molecule has 0 bridgehead atoms. The lowest BCUT2D eigenvalue weighted by Crippen LogP contribution is -1.98. The van der Waals surface area contributed by atoms with Crippen LogP contribution in [0.3, 0.4) is 0 Å². The summed E-state index contributed by atoms with van der Waals surface area (Å²) in [6.07, 6.45) is 1.91. The van der Waals surface area contributed by atoms with Crippen molar-refractivity contribution in [1.29, 1.82) is 0 Å². The zero-order chi connectivity index (χ0) is 16.5. The molecule has 1 heterocycles. The molecule has 0 aliphatic heterocycles. The highest BCUT2D eigenvalue weighted by molar-refractivity contribution is 6.05. The van der Waals surface area contributed by atoms with Gasteiger partial charge < -0.3 is 9.30 Å². The second-order valence-electron chi connectivity index (χ2n) is 5.72. The van der Waals surface area contributed by atoms with E-state index < -0.39 is 0 Å². The van der Waals surface area contributed by atoms with Crippen LogP contribution in [0.5, 0.6) is 5.75 Å². The van der Waals surface area contributed by atoms with Gasteiger partial charge in [0.1, 0.15) is 11.6 Å². The summed E-state index contributed by atoms with van der Waals surface area (Å²) in [7, 11) is 1.67. The van der Waals surface area contributed by atoms with Crippen LogP contribution in [-0.2, 0) is 6.54 Å². The van der Waals surface area contributed by atoms with E-state index in [-0.39, 0.29) is 0 Å².